The Morgan fingerprint density at radius 1 is 0.203 bits per heavy atom. The molecule has 0 aliphatic heterocycles. The molecule has 0 aliphatic carbocycles. The maximum atomic E-state index is 12.7. The van der Waals surface area contributed by atoms with Crippen molar-refractivity contribution in [3.63, 3.8) is 0 Å². The highest BCUT2D eigenvalue weighted by Crippen LogP contribution is 2.19. The molecule has 36 heteroatoms. The van der Waals surface area contributed by atoms with Crippen LogP contribution < -0.4 is 21.3 Å². The summed E-state index contributed by atoms with van der Waals surface area (Å²) in [6, 6.07) is 28.5. The van der Waals surface area contributed by atoms with Crippen LogP contribution >= 0.6 is 0 Å². The third-order valence-electron chi connectivity index (χ3n) is 16.8. The van der Waals surface area contributed by atoms with Gasteiger partial charge in [-0.3, -0.25) is 4.79 Å². The van der Waals surface area contributed by atoms with Crippen LogP contribution in [0.15, 0.2) is 97.1 Å². The highest BCUT2D eigenvalue weighted by atomic mass is 17.2. The van der Waals surface area contributed by atoms with Crippen LogP contribution in [0, 0.1) is 6.92 Å². The van der Waals surface area contributed by atoms with Gasteiger partial charge in [0.15, 0.2) is 0 Å². The Bertz CT molecular complexity index is 3030. The molecule has 0 aliphatic rings. The number of rotatable bonds is 90. The van der Waals surface area contributed by atoms with Crippen molar-refractivity contribution in [1.82, 2.24) is 0 Å². The van der Waals surface area contributed by atoms with Gasteiger partial charge in [-0.2, -0.15) is 0 Å². The molecule has 0 bridgehead atoms. The van der Waals surface area contributed by atoms with Crippen LogP contribution in [0.2, 0.25) is 0 Å². The molecule has 4 aromatic carbocycles. The molecule has 0 aromatic heterocycles. The molecule has 4 aromatic rings. The van der Waals surface area contributed by atoms with Gasteiger partial charge in [-0.05, 0) is 265 Å². The fourth-order valence-corrected chi connectivity index (χ4v) is 9.95. The minimum absolute atomic E-state index is 0.226. The topological polar surface area (TPSA) is 375 Å². The number of esters is 2. The van der Waals surface area contributed by atoms with E-state index in [1.165, 1.54) is 6.92 Å². The number of benzene rings is 4. The molecule has 0 heterocycles. The summed E-state index contributed by atoms with van der Waals surface area (Å²) in [5, 5.41) is 11.3. The maximum absolute atomic E-state index is 12.7. The second-order valence-corrected chi connectivity index (χ2v) is 27.9. The number of ether oxygens (including phenoxy) is 2. The van der Waals surface area contributed by atoms with Crippen LogP contribution in [0.25, 0.3) is 0 Å². The summed E-state index contributed by atoms with van der Waals surface area (Å²) in [6.45, 7) is 16.0. The molecule has 4 N–H and O–H groups in total. The summed E-state index contributed by atoms with van der Waals surface area (Å²) in [7, 11) is 0. The monoisotopic (exact) mass is 1750 g/mol. The number of aryl methyl sites for hydroxylation is 1. The smallest absolute Gasteiger partial charge is 0.338 e. The SMILES string of the molecule is CC(=O)OCCCCOOCCCCOOCCCCOOCCCCOOCCCCOOCCCCOOCCCCOOCCCCOOCCCCOOCCCCOOCCCCOOCCCCOOCCCCOOCCCCOC(=O)c1ccc(NC(=O)Nc2ccc(Cc3ccc(NC(=O)Nc4ccc(C)cc4)cc3)cc2)cc1. The Morgan fingerprint density at radius 3 is 0.537 bits per heavy atom. The van der Waals surface area contributed by atoms with E-state index in [-0.39, 0.29) is 18.6 Å². The van der Waals surface area contributed by atoms with E-state index in [9.17, 15) is 19.2 Å². The molecule has 0 atom stereocenters. The third-order valence-corrected chi connectivity index (χ3v) is 16.8. The van der Waals surface area contributed by atoms with Crippen molar-refractivity contribution in [1.29, 1.82) is 0 Å². The van der Waals surface area contributed by atoms with E-state index in [2.05, 4.69) is 21.3 Å². The summed E-state index contributed by atoms with van der Waals surface area (Å²) in [6.07, 6.45) is 22.1. The predicted molar refractivity (Wildman–Crippen MR) is 450 cm³/mol. The van der Waals surface area contributed by atoms with Crippen LogP contribution in [-0.2, 0) is 148 Å². The summed E-state index contributed by atoms with van der Waals surface area (Å²) >= 11 is 0. The van der Waals surface area contributed by atoms with E-state index < -0.39 is 12.0 Å². The summed E-state index contributed by atoms with van der Waals surface area (Å²) < 4.78 is 10.3. The van der Waals surface area contributed by atoms with Gasteiger partial charge in [0.25, 0.3) is 0 Å². The van der Waals surface area contributed by atoms with E-state index >= 15 is 0 Å². The van der Waals surface area contributed by atoms with Gasteiger partial charge in [0, 0.05) is 29.7 Å². The number of hydrogen-bond donors (Lipinski definition) is 4. The molecular formula is C87H140N4O32. The third kappa shape index (κ3) is 71.1. The quantitative estimate of drug-likeness (QED) is 0.0138. The molecule has 0 fully saturated rings. The zero-order valence-electron chi connectivity index (χ0n) is 72.6. The lowest BCUT2D eigenvalue weighted by Crippen LogP contribution is -2.19. The first kappa shape index (κ1) is 109. The minimum atomic E-state index is -0.461. The predicted octanol–water partition coefficient (Wildman–Crippen LogP) is 16.8. The molecule has 0 unspecified atom stereocenters. The van der Waals surface area contributed by atoms with Gasteiger partial charge in [0.1, 0.15) is 0 Å². The lowest BCUT2D eigenvalue weighted by molar-refractivity contribution is -0.312. The number of anilines is 4. The minimum Gasteiger partial charge on any atom is -0.466 e. The van der Waals surface area contributed by atoms with Crippen molar-refractivity contribution < 1.29 is 156 Å². The van der Waals surface area contributed by atoms with E-state index in [0.29, 0.717) is 226 Å². The first-order chi connectivity index (χ1) is 60.7. The van der Waals surface area contributed by atoms with E-state index in [4.69, 9.17) is 137 Å². The van der Waals surface area contributed by atoms with Crippen molar-refractivity contribution in [3.05, 3.63) is 119 Å². The molecule has 4 amide bonds. The maximum Gasteiger partial charge on any atom is 0.338 e. The summed E-state index contributed by atoms with van der Waals surface area (Å²) in [5.41, 5.74) is 6.13. The standard InChI is InChI=1S/C87H140N4O32/c1-76-31-39-81(40-32-76)88-86(94)89-82-41-33-78(34-42-82)75-79-35-43-83(44-36-79)90-87(95)91-84-45-37-80(38-46-84)85(93)97-48-4-6-50-99-101-52-8-10-54-103-105-56-12-14-58-107-109-60-16-18-62-111-113-64-20-22-66-115-117-68-24-26-70-119-121-72-28-30-74-123-122-73-29-27-71-120-118-69-25-23-67-116-114-65-21-19-63-112-110-61-17-15-59-108-106-57-13-11-55-104-102-53-9-7-51-100-98-49-5-3-47-96-77(2)92/h31-46H,3-30,47-75H2,1-2H3,(H2,88,89,94)(H2,90,91,95). The van der Waals surface area contributed by atoms with Crippen LogP contribution in [0.5, 0.6) is 0 Å². The van der Waals surface area contributed by atoms with Crippen LogP contribution in [0.1, 0.15) is 214 Å². The van der Waals surface area contributed by atoms with Gasteiger partial charge in [0.2, 0.25) is 0 Å². The fraction of sp³-hybridized carbons (Fsp3) is 0.678. The molecule has 0 saturated heterocycles. The largest absolute Gasteiger partial charge is 0.466 e. The number of unbranched alkanes of at least 4 members (excludes halogenated alkanes) is 14. The number of carbonyl (C=O) groups is 4. The zero-order chi connectivity index (χ0) is 87.2. The highest BCUT2D eigenvalue weighted by molar-refractivity contribution is 6.00. The van der Waals surface area contributed by atoms with Gasteiger partial charge < -0.3 is 30.7 Å². The second kappa shape index (κ2) is 83.5. The molecule has 0 radical (unpaired) electrons. The van der Waals surface area contributed by atoms with Crippen molar-refractivity contribution >= 4 is 46.8 Å². The Hall–Kier alpha value is -6.68. The number of amides is 4. The first-order valence-electron chi connectivity index (χ1n) is 43.7. The zero-order valence-corrected chi connectivity index (χ0v) is 72.6. The van der Waals surface area contributed by atoms with E-state index in [1.807, 2.05) is 79.7 Å². The highest BCUT2D eigenvalue weighted by Gasteiger charge is 2.12. The summed E-state index contributed by atoms with van der Waals surface area (Å²) in [5.74, 6) is -0.735. The average Bonchev–Trinajstić information content (AvgIpc) is 0.877. The molecule has 4 rings (SSSR count). The number of urea groups is 2. The molecule has 0 saturated carbocycles. The molecule has 36 nitrogen and oxygen atoms in total. The van der Waals surface area contributed by atoms with Gasteiger partial charge in [-0.25, -0.2) is 141 Å². The van der Waals surface area contributed by atoms with Crippen LogP contribution in [0.3, 0.4) is 0 Å². The molecular weight excluding hydrogens is 1610 g/mol. The molecule has 123 heavy (non-hydrogen) atoms. The number of carbonyl (C=O) groups excluding carboxylic acids is 4. The van der Waals surface area contributed by atoms with Crippen molar-refractivity contribution in [2.75, 3.05) is 206 Å². The lowest BCUT2D eigenvalue weighted by atomic mass is 10.0. The Morgan fingerprint density at radius 2 is 0.358 bits per heavy atom. The van der Waals surface area contributed by atoms with Crippen molar-refractivity contribution in [2.24, 2.45) is 0 Å². The second-order valence-electron chi connectivity index (χ2n) is 27.9. The Labute approximate surface area is 725 Å². The van der Waals surface area contributed by atoms with E-state index in [0.717, 1.165) is 184 Å². The van der Waals surface area contributed by atoms with Gasteiger partial charge in [-0.1, -0.05) is 42.0 Å². The van der Waals surface area contributed by atoms with Crippen molar-refractivity contribution in [2.45, 2.75) is 200 Å². The van der Waals surface area contributed by atoms with Gasteiger partial charge in [-0.15, -0.1) is 0 Å². The fourth-order valence-electron chi connectivity index (χ4n) is 9.95. The summed E-state index contributed by atoms with van der Waals surface area (Å²) in [4.78, 5) is 184. The lowest BCUT2D eigenvalue weighted by Gasteiger charge is -2.10. The van der Waals surface area contributed by atoms with Crippen molar-refractivity contribution in [3.8, 4) is 0 Å². The average molecular weight is 1750 g/mol. The Kier molecular flexibility index (Phi) is 73.8. The van der Waals surface area contributed by atoms with Crippen LogP contribution in [-0.4, -0.2) is 209 Å². The van der Waals surface area contributed by atoms with E-state index in [1.54, 1.807) is 24.3 Å². The number of nitrogens with one attached hydrogen (secondary N) is 4. The normalized spacial score (nSPS) is 11.4. The van der Waals surface area contributed by atoms with Gasteiger partial charge >= 0.3 is 24.0 Å². The van der Waals surface area contributed by atoms with Gasteiger partial charge in [0.05, 0.1) is 191 Å². The number of hydrogen-bond acceptors (Lipinski definition) is 32. The van der Waals surface area contributed by atoms with Crippen LogP contribution in [0.4, 0.5) is 32.3 Å². The molecule has 0 spiro atoms. The Balaban J connectivity index is 0.719. The molecule has 700 valence electrons. The first-order valence-corrected chi connectivity index (χ1v) is 43.7.